The minimum atomic E-state index is -1.04. The van der Waals surface area contributed by atoms with Gasteiger partial charge in [0.25, 0.3) is 0 Å². The number of hydrogen-bond donors (Lipinski definition) is 0. The molecule has 5 rings (SSSR count). The highest BCUT2D eigenvalue weighted by molar-refractivity contribution is 6.33. The quantitative estimate of drug-likeness (QED) is 0.403. The molecule has 0 amide bonds. The van der Waals surface area contributed by atoms with Gasteiger partial charge in [0.2, 0.25) is 17.3 Å². The molecule has 1 aliphatic rings. The molecule has 0 N–H and O–H groups in total. The van der Waals surface area contributed by atoms with Crippen molar-refractivity contribution in [2.75, 3.05) is 6.61 Å². The van der Waals surface area contributed by atoms with Crippen LogP contribution in [0.25, 0.3) is 22.3 Å². The van der Waals surface area contributed by atoms with Crippen LogP contribution in [0.4, 0.5) is 0 Å². The molecule has 6 nitrogen and oxygen atoms in total. The molecule has 4 aromatic rings. The van der Waals surface area contributed by atoms with Crippen molar-refractivity contribution in [3.8, 4) is 28.6 Å². The lowest BCUT2D eigenvalue weighted by Crippen LogP contribution is -2.40. The van der Waals surface area contributed by atoms with Crippen LogP contribution < -0.4 is 19.6 Å². The molecule has 3 aromatic carbocycles. The maximum absolute atomic E-state index is 13.4. The smallest absolute Gasteiger partial charge is 0.356 e. The molecule has 0 fully saturated rings. The van der Waals surface area contributed by atoms with Crippen molar-refractivity contribution in [1.82, 2.24) is 0 Å². The Kier molecular flexibility index (Phi) is 5.07. The number of benzene rings is 3. The van der Waals surface area contributed by atoms with Crippen LogP contribution in [0.3, 0.4) is 0 Å². The Balaban J connectivity index is 1.59. The first-order chi connectivity index (χ1) is 15.5. The van der Waals surface area contributed by atoms with Crippen LogP contribution in [0, 0.1) is 6.92 Å². The van der Waals surface area contributed by atoms with Crippen molar-refractivity contribution in [2.45, 2.75) is 13.0 Å². The highest BCUT2D eigenvalue weighted by Crippen LogP contribution is 2.36. The van der Waals surface area contributed by atoms with E-state index in [0.717, 1.165) is 5.56 Å². The molecule has 1 atom stereocenters. The lowest BCUT2D eigenvalue weighted by atomic mass is 10.1. The molecular formula is C25H17ClO6. The molecule has 32 heavy (non-hydrogen) atoms. The average Bonchev–Trinajstić information content (AvgIpc) is 2.81. The van der Waals surface area contributed by atoms with Gasteiger partial charge in [0.05, 0.1) is 10.4 Å². The minimum absolute atomic E-state index is 0.0463. The van der Waals surface area contributed by atoms with Gasteiger partial charge in [-0.2, -0.15) is 0 Å². The average molecular weight is 449 g/mol. The predicted octanol–water partition coefficient (Wildman–Crippen LogP) is 5.17. The minimum Gasteiger partial charge on any atom is -0.485 e. The van der Waals surface area contributed by atoms with Crippen molar-refractivity contribution >= 4 is 28.5 Å². The fourth-order valence-electron chi connectivity index (χ4n) is 3.51. The monoisotopic (exact) mass is 448 g/mol. The number of ether oxygens (including phenoxy) is 3. The topological polar surface area (TPSA) is 75.0 Å². The van der Waals surface area contributed by atoms with Crippen molar-refractivity contribution in [2.24, 2.45) is 0 Å². The summed E-state index contributed by atoms with van der Waals surface area (Å²) in [4.78, 5) is 26.3. The third-order valence-electron chi connectivity index (χ3n) is 5.10. The first-order valence-corrected chi connectivity index (χ1v) is 10.3. The third kappa shape index (κ3) is 3.59. The van der Waals surface area contributed by atoms with Crippen molar-refractivity contribution in [3.63, 3.8) is 0 Å². The Morgan fingerprint density at radius 1 is 1.03 bits per heavy atom. The molecular weight excluding hydrogens is 432 g/mol. The summed E-state index contributed by atoms with van der Waals surface area (Å²) in [5.74, 6) is 0.0143. The molecule has 0 radical (unpaired) electrons. The zero-order chi connectivity index (χ0) is 22.2. The number of aryl methyl sites for hydroxylation is 1. The number of fused-ring (bicyclic) bond motifs is 2. The number of esters is 1. The molecule has 0 bridgehead atoms. The fourth-order valence-corrected chi connectivity index (χ4v) is 3.73. The maximum atomic E-state index is 13.4. The molecule has 7 heteroatoms. The summed E-state index contributed by atoms with van der Waals surface area (Å²) in [5.41, 5.74) is 1.19. The standard InChI is InChI=1S/C25H17ClO6/c1-14-10-11-18-16(12-14)22(27)24(23(31-18)15-6-2-3-7-17(15)26)32-25(28)21-13-29-19-8-4-5-9-20(19)30-21/h2-12,21H,13H2,1H3. The van der Waals surface area contributed by atoms with Gasteiger partial charge in [-0.25, -0.2) is 4.79 Å². The molecule has 160 valence electrons. The van der Waals surface area contributed by atoms with Crippen LogP contribution >= 0.6 is 11.6 Å². The third-order valence-corrected chi connectivity index (χ3v) is 5.43. The second-order valence-corrected chi connectivity index (χ2v) is 7.76. The lowest BCUT2D eigenvalue weighted by molar-refractivity contribution is -0.144. The van der Waals surface area contributed by atoms with Crippen molar-refractivity contribution < 1.29 is 23.4 Å². The molecule has 1 unspecified atom stereocenters. The Labute approximate surface area is 187 Å². The summed E-state index contributed by atoms with van der Waals surface area (Å²) in [6.45, 7) is 1.81. The number of halogens is 1. The van der Waals surface area contributed by atoms with Gasteiger partial charge in [-0.3, -0.25) is 4.79 Å². The van der Waals surface area contributed by atoms with Gasteiger partial charge in [-0.15, -0.1) is 0 Å². The zero-order valence-electron chi connectivity index (χ0n) is 17.0. The molecule has 0 spiro atoms. The van der Waals surface area contributed by atoms with Crippen LogP contribution in [0.15, 0.2) is 75.9 Å². The Bertz CT molecular complexity index is 1410. The molecule has 0 saturated carbocycles. The van der Waals surface area contributed by atoms with Crippen LogP contribution in [0.1, 0.15) is 5.56 Å². The lowest BCUT2D eigenvalue weighted by Gasteiger charge is -2.25. The first-order valence-electron chi connectivity index (χ1n) is 9.94. The fraction of sp³-hybridized carbons (Fsp3) is 0.120. The van der Waals surface area contributed by atoms with E-state index in [9.17, 15) is 9.59 Å². The molecule has 1 aliphatic heterocycles. The zero-order valence-corrected chi connectivity index (χ0v) is 17.7. The Morgan fingerprint density at radius 2 is 1.78 bits per heavy atom. The molecule has 0 saturated heterocycles. The van der Waals surface area contributed by atoms with Gasteiger partial charge in [0, 0.05) is 5.56 Å². The number of carbonyl (C=O) groups is 1. The summed E-state index contributed by atoms with van der Waals surface area (Å²) < 4.78 is 22.9. The van der Waals surface area contributed by atoms with Gasteiger partial charge in [0.1, 0.15) is 12.2 Å². The van der Waals surface area contributed by atoms with Gasteiger partial charge in [-0.05, 0) is 43.3 Å². The second kappa shape index (κ2) is 8.05. The summed E-state index contributed by atoms with van der Waals surface area (Å²) >= 11 is 6.35. The summed E-state index contributed by atoms with van der Waals surface area (Å²) in [6, 6.07) is 19.1. The van der Waals surface area contributed by atoms with E-state index in [4.69, 9.17) is 30.2 Å². The number of para-hydroxylation sites is 2. The Morgan fingerprint density at radius 3 is 2.59 bits per heavy atom. The second-order valence-electron chi connectivity index (χ2n) is 7.35. The van der Waals surface area contributed by atoms with Gasteiger partial charge < -0.3 is 18.6 Å². The number of hydrogen-bond acceptors (Lipinski definition) is 6. The SMILES string of the molecule is Cc1ccc2oc(-c3ccccc3Cl)c(OC(=O)C3COc4ccccc4O3)c(=O)c2c1. The van der Waals surface area contributed by atoms with Crippen molar-refractivity contribution in [3.05, 3.63) is 87.5 Å². The Hall–Kier alpha value is -3.77. The van der Waals surface area contributed by atoms with E-state index in [1.54, 1.807) is 60.7 Å². The van der Waals surface area contributed by atoms with E-state index >= 15 is 0 Å². The largest absolute Gasteiger partial charge is 0.485 e. The van der Waals surface area contributed by atoms with Crippen LogP contribution in [-0.4, -0.2) is 18.7 Å². The summed E-state index contributed by atoms with van der Waals surface area (Å²) in [7, 11) is 0. The first kappa shape index (κ1) is 20.2. The highest BCUT2D eigenvalue weighted by Gasteiger charge is 2.31. The highest BCUT2D eigenvalue weighted by atomic mass is 35.5. The maximum Gasteiger partial charge on any atom is 0.356 e. The number of rotatable bonds is 3. The predicted molar refractivity (Wildman–Crippen MR) is 120 cm³/mol. The van der Waals surface area contributed by atoms with E-state index in [1.807, 2.05) is 13.0 Å². The number of carbonyl (C=O) groups excluding carboxylic acids is 1. The van der Waals surface area contributed by atoms with Gasteiger partial charge in [-0.1, -0.05) is 47.5 Å². The summed E-state index contributed by atoms with van der Waals surface area (Å²) in [6.07, 6.45) is -1.04. The molecule has 2 heterocycles. The van der Waals surface area contributed by atoms with Crippen LogP contribution in [0.2, 0.25) is 5.02 Å². The van der Waals surface area contributed by atoms with E-state index < -0.39 is 17.5 Å². The van der Waals surface area contributed by atoms with E-state index in [2.05, 4.69) is 0 Å². The summed E-state index contributed by atoms with van der Waals surface area (Å²) in [5, 5.41) is 0.653. The van der Waals surface area contributed by atoms with Crippen LogP contribution in [0.5, 0.6) is 17.2 Å². The molecule has 1 aromatic heterocycles. The normalized spacial score (nSPS) is 14.9. The van der Waals surface area contributed by atoms with Crippen molar-refractivity contribution in [1.29, 1.82) is 0 Å². The van der Waals surface area contributed by atoms with E-state index in [0.29, 0.717) is 33.1 Å². The van der Waals surface area contributed by atoms with E-state index in [1.165, 1.54) is 0 Å². The van der Waals surface area contributed by atoms with Gasteiger partial charge >= 0.3 is 5.97 Å². The molecule has 0 aliphatic carbocycles. The van der Waals surface area contributed by atoms with Crippen LogP contribution in [-0.2, 0) is 4.79 Å². The van der Waals surface area contributed by atoms with E-state index in [-0.39, 0.29) is 18.1 Å². The van der Waals surface area contributed by atoms with Gasteiger partial charge in [0.15, 0.2) is 17.3 Å².